The van der Waals surface area contributed by atoms with Crippen molar-refractivity contribution in [3.05, 3.63) is 24.2 Å². The van der Waals surface area contributed by atoms with Gasteiger partial charge in [0.1, 0.15) is 5.76 Å². The number of nitrogens with zero attached hydrogens (tertiary/aromatic N) is 3. The molecular formula is C20H20N4O3. The summed E-state index contributed by atoms with van der Waals surface area (Å²) in [6, 6.07) is 9.54. The van der Waals surface area contributed by atoms with Gasteiger partial charge in [-0.3, -0.25) is 5.41 Å². The summed E-state index contributed by atoms with van der Waals surface area (Å²) in [7, 11) is 0. The molecule has 7 nitrogen and oxygen atoms in total. The standard InChI is InChI=1S/C20H20N4O3/c1-2-4-13-6-7-20-15(9-13)19(12-23,17(24)27-20)18(10-21,11-22)16(26-20)14-5-3-8-25-14/h3,5,8,13,15-16,24H,2,4,6-7,9H2,1H3. The van der Waals surface area contributed by atoms with E-state index in [0.29, 0.717) is 24.5 Å². The molecule has 2 bridgehead atoms. The van der Waals surface area contributed by atoms with Crippen molar-refractivity contribution < 1.29 is 13.9 Å². The average Bonchev–Trinajstić information content (AvgIpc) is 3.27. The molecule has 0 spiro atoms. The minimum absolute atomic E-state index is 0.296. The van der Waals surface area contributed by atoms with Crippen LogP contribution in [0.25, 0.3) is 0 Å². The van der Waals surface area contributed by atoms with Gasteiger partial charge >= 0.3 is 0 Å². The summed E-state index contributed by atoms with van der Waals surface area (Å²) in [5.74, 6) is -1.37. The molecule has 0 radical (unpaired) electrons. The first-order valence-corrected chi connectivity index (χ1v) is 9.26. The number of nitriles is 3. The van der Waals surface area contributed by atoms with Crippen LogP contribution in [0.3, 0.4) is 0 Å². The molecule has 5 atom stereocenters. The highest BCUT2D eigenvalue weighted by atomic mass is 16.7. The third kappa shape index (κ3) is 1.94. The molecule has 2 aliphatic heterocycles. The maximum Gasteiger partial charge on any atom is 0.217 e. The van der Waals surface area contributed by atoms with E-state index >= 15 is 0 Å². The van der Waals surface area contributed by atoms with E-state index in [1.54, 1.807) is 12.1 Å². The number of rotatable bonds is 3. The van der Waals surface area contributed by atoms with Crippen molar-refractivity contribution in [3.8, 4) is 18.2 Å². The molecule has 7 heteroatoms. The summed E-state index contributed by atoms with van der Waals surface area (Å²) in [4.78, 5) is 0. The Bertz CT molecular complexity index is 876. The third-order valence-electron chi connectivity index (χ3n) is 6.52. The lowest BCUT2D eigenvalue weighted by Gasteiger charge is -2.52. The number of hydrogen-bond donors (Lipinski definition) is 1. The summed E-state index contributed by atoms with van der Waals surface area (Å²) in [5, 5.41) is 39.0. The Labute approximate surface area is 157 Å². The van der Waals surface area contributed by atoms with E-state index in [1.807, 2.05) is 12.1 Å². The van der Waals surface area contributed by atoms with Gasteiger partial charge in [-0.15, -0.1) is 0 Å². The van der Waals surface area contributed by atoms with Crippen LogP contribution >= 0.6 is 0 Å². The second-order valence-electron chi connectivity index (χ2n) is 7.69. The molecule has 3 aliphatic rings. The molecule has 0 aromatic carbocycles. The summed E-state index contributed by atoms with van der Waals surface area (Å²) in [5.41, 5.74) is -3.60. The maximum absolute atomic E-state index is 10.2. The van der Waals surface area contributed by atoms with Gasteiger partial charge in [-0.2, -0.15) is 15.8 Å². The smallest absolute Gasteiger partial charge is 0.217 e. The zero-order valence-electron chi connectivity index (χ0n) is 15.1. The lowest BCUT2D eigenvalue weighted by molar-refractivity contribution is -0.302. The Balaban J connectivity index is 1.92. The van der Waals surface area contributed by atoms with Crippen molar-refractivity contribution in [2.24, 2.45) is 22.7 Å². The minimum Gasteiger partial charge on any atom is -0.466 e. The molecule has 4 rings (SSSR count). The average molecular weight is 364 g/mol. The minimum atomic E-state index is -1.92. The van der Waals surface area contributed by atoms with Crippen LogP contribution in [-0.2, 0) is 9.47 Å². The molecule has 5 unspecified atom stereocenters. The first-order valence-electron chi connectivity index (χ1n) is 9.26. The van der Waals surface area contributed by atoms with Gasteiger partial charge in [0, 0.05) is 6.42 Å². The van der Waals surface area contributed by atoms with Crippen LogP contribution in [-0.4, -0.2) is 11.7 Å². The first kappa shape index (κ1) is 17.6. The molecule has 0 amide bonds. The van der Waals surface area contributed by atoms with E-state index < -0.39 is 28.6 Å². The van der Waals surface area contributed by atoms with Gasteiger partial charge in [-0.05, 0) is 30.9 Å². The largest absolute Gasteiger partial charge is 0.466 e. The highest BCUT2D eigenvalue weighted by Crippen LogP contribution is 2.70. The summed E-state index contributed by atoms with van der Waals surface area (Å²) in [6.07, 6.45) is 4.33. The van der Waals surface area contributed by atoms with Crippen LogP contribution in [0, 0.1) is 62.1 Å². The van der Waals surface area contributed by atoms with Crippen molar-refractivity contribution in [1.29, 1.82) is 21.2 Å². The molecule has 2 saturated heterocycles. The normalized spacial score (nSPS) is 38.7. The monoisotopic (exact) mass is 364 g/mol. The van der Waals surface area contributed by atoms with Gasteiger partial charge in [0.2, 0.25) is 17.1 Å². The van der Waals surface area contributed by atoms with Crippen molar-refractivity contribution in [1.82, 2.24) is 0 Å². The van der Waals surface area contributed by atoms with Crippen LogP contribution in [0.2, 0.25) is 0 Å². The lowest BCUT2D eigenvalue weighted by Crippen LogP contribution is -2.61. The van der Waals surface area contributed by atoms with Crippen LogP contribution in [0.4, 0.5) is 0 Å². The third-order valence-corrected chi connectivity index (χ3v) is 6.52. The number of hydrogen-bond acceptors (Lipinski definition) is 7. The van der Waals surface area contributed by atoms with Crippen LogP contribution in [0.1, 0.15) is 50.9 Å². The molecule has 138 valence electrons. The van der Waals surface area contributed by atoms with Crippen molar-refractivity contribution in [3.63, 3.8) is 0 Å². The molecule has 1 aliphatic carbocycles. The second-order valence-corrected chi connectivity index (χ2v) is 7.69. The fourth-order valence-corrected chi connectivity index (χ4v) is 5.28. The second kappa shape index (κ2) is 5.84. The Morgan fingerprint density at radius 3 is 2.63 bits per heavy atom. The molecule has 3 heterocycles. The van der Waals surface area contributed by atoms with Gasteiger partial charge in [0.15, 0.2) is 11.5 Å². The Morgan fingerprint density at radius 1 is 1.26 bits per heavy atom. The Morgan fingerprint density at radius 2 is 2.04 bits per heavy atom. The fourth-order valence-electron chi connectivity index (χ4n) is 5.28. The lowest BCUT2D eigenvalue weighted by atomic mass is 9.51. The first-order chi connectivity index (χ1) is 13.0. The molecule has 1 N–H and O–H groups in total. The van der Waals surface area contributed by atoms with E-state index in [4.69, 9.17) is 19.3 Å². The van der Waals surface area contributed by atoms with Crippen molar-refractivity contribution >= 4 is 5.90 Å². The molecule has 1 saturated carbocycles. The Hall–Kier alpha value is -2.82. The van der Waals surface area contributed by atoms with E-state index in [-0.39, 0.29) is 5.90 Å². The topological polar surface area (TPSA) is 127 Å². The summed E-state index contributed by atoms with van der Waals surface area (Å²) < 4.78 is 17.6. The van der Waals surface area contributed by atoms with Crippen LogP contribution in [0.15, 0.2) is 22.8 Å². The highest BCUT2D eigenvalue weighted by Gasteiger charge is 2.81. The van der Waals surface area contributed by atoms with Gasteiger partial charge in [0.25, 0.3) is 0 Å². The fraction of sp³-hybridized carbons (Fsp3) is 0.600. The number of ether oxygens (including phenoxy) is 2. The molecule has 27 heavy (non-hydrogen) atoms. The van der Waals surface area contributed by atoms with Gasteiger partial charge < -0.3 is 13.9 Å². The van der Waals surface area contributed by atoms with Crippen molar-refractivity contribution in [2.75, 3.05) is 0 Å². The van der Waals surface area contributed by atoms with Crippen LogP contribution < -0.4 is 0 Å². The highest BCUT2D eigenvalue weighted by molar-refractivity contribution is 5.89. The zero-order chi connectivity index (χ0) is 19.3. The summed E-state index contributed by atoms with van der Waals surface area (Å²) >= 11 is 0. The number of nitrogens with one attached hydrogen (secondary N) is 1. The quantitative estimate of drug-likeness (QED) is 0.868. The molecule has 1 aromatic rings. The van der Waals surface area contributed by atoms with Crippen molar-refractivity contribution in [2.45, 2.75) is 50.9 Å². The Kier molecular flexibility index (Phi) is 3.81. The van der Waals surface area contributed by atoms with E-state index in [1.165, 1.54) is 6.26 Å². The molecular weight excluding hydrogens is 344 g/mol. The molecule has 3 fully saturated rings. The predicted molar refractivity (Wildman–Crippen MR) is 91.5 cm³/mol. The van der Waals surface area contributed by atoms with Gasteiger partial charge in [-0.25, -0.2) is 0 Å². The zero-order valence-corrected chi connectivity index (χ0v) is 15.1. The SMILES string of the molecule is CCCC1CCC23OC(=N)C(C#N)(C2C1)C(C#N)(C#N)C(c1ccco1)O3. The van der Waals surface area contributed by atoms with Crippen LogP contribution in [0.5, 0.6) is 0 Å². The van der Waals surface area contributed by atoms with E-state index in [0.717, 1.165) is 19.3 Å². The molecule has 1 aromatic heterocycles. The van der Waals surface area contributed by atoms with E-state index in [9.17, 15) is 15.8 Å². The van der Waals surface area contributed by atoms with Gasteiger partial charge in [0.05, 0.1) is 30.4 Å². The predicted octanol–water partition coefficient (Wildman–Crippen LogP) is 3.81. The van der Waals surface area contributed by atoms with Gasteiger partial charge in [-0.1, -0.05) is 19.8 Å². The van der Waals surface area contributed by atoms with E-state index in [2.05, 4.69) is 13.0 Å². The maximum atomic E-state index is 10.2. The number of furan rings is 1. The summed E-state index contributed by atoms with van der Waals surface area (Å²) in [6.45, 7) is 2.11.